The van der Waals surface area contributed by atoms with Crippen LogP contribution in [0.5, 0.6) is 0 Å². The van der Waals surface area contributed by atoms with E-state index in [0.29, 0.717) is 0 Å². The van der Waals surface area contributed by atoms with Crippen molar-refractivity contribution in [3.8, 4) is 0 Å². The third-order valence-electron chi connectivity index (χ3n) is 0. The summed E-state index contributed by atoms with van der Waals surface area (Å²) in [6.07, 6.45) is 0. The Morgan fingerprint density at radius 1 is 0.312 bits per heavy atom. The van der Waals surface area contributed by atoms with E-state index in [1.54, 1.807) is 0 Å². The minimum Gasteiger partial charge on any atom is -0.512 e. The molecule has 0 rings (SSSR count). The van der Waals surface area contributed by atoms with Crippen molar-refractivity contribution in [3.63, 3.8) is 0 Å². The summed E-state index contributed by atoms with van der Waals surface area (Å²) in [6, 6.07) is 0. The zero-order valence-electron chi connectivity index (χ0n) is 9.02. The molecule has 0 aliphatic heterocycles. The molecule has 0 bridgehead atoms. The number of rotatable bonds is 0. The molecule has 0 radical (unpaired) electrons. The fraction of sp³-hybridized carbons (Fsp3) is 0. The second-order valence-corrected chi connectivity index (χ2v) is 0. The Morgan fingerprint density at radius 3 is 0.312 bits per heavy atom. The van der Waals surface area contributed by atoms with Crippen LogP contribution < -0.4 is 88.7 Å². The molecular weight excluding hydrogens is 284 g/mol. The second-order valence-electron chi connectivity index (χ2n) is 0. The molecule has 0 unspecified atom stereocenters. The van der Waals surface area contributed by atoms with Gasteiger partial charge < -0.3 is 71.0 Å². The van der Waals surface area contributed by atoms with Crippen molar-refractivity contribution in [1.29, 1.82) is 31.6 Å². The van der Waals surface area contributed by atoms with E-state index in [1.165, 1.54) is 0 Å². The molecule has 0 heterocycles. The first-order valence-electron chi connectivity index (χ1n) is 1.34. The van der Waals surface area contributed by atoms with Crippen LogP contribution in [0.15, 0.2) is 0 Å². The van der Waals surface area contributed by atoms with Crippen molar-refractivity contribution in [1.82, 2.24) is 0 Å². The van der Waals surface area contributed by atoms with E-state index >= 15 is 0 Å². The molecule has 0 aliphatic carbocycles. The minimum atomic E-state index is 0. The fourth-order valence-electron chi connectivity index (χ4n) is 0. The molecule has 0 amide bonds. The van der Waals surface area contributed by atoms with E-state index in [4.69, 9.17) is 71.0 Å². The molecule has 10 heteroatoms. The van der Waals surface area contributed by atoms with Crippen molar-refractivity contribution >= 4 is 0 Å². The molecule has 0 spiro atoms. The van der Waals surface area contributed by atoms with Gasteiger partial charge in [0.05, 0.1) is 0 Å². The third kappa shape index (κ3) is 13100. The summed E-state index contributed by atoms with van der Waals surface area (Å²) in [4.78, 5) is 0. The molecule has 0 fully saturated rings. The quantitative estimate of drug-likeness (QED) is 0.319. The van der Waals surface area contributed by atoms with Gasteiger partial charge in [-0.3, -0.25) is 0 Å². The van der Waals surface area contributed by atoms with Crippen LogP contribution in [0.2, 0.25) is 0 Å². The summed E-state index contributed by atoms with van der Waals surface area (Å²) < 4.78 is 0. The van der Waals surface area contributed by atoms with Gasteiger partial charge >= 0.3 is 105 Å². The Labute approximate surface area is 174 Å². The molecule has 0 saturated carbocycles. The summed E-state index contributed by atoms with van der Waals surface area (Å²) >= 11 is 0. The van der Waals surface area contributed by atoms with Crippen LogP contribution in [-0.4, -0.2) is 0 Å². The molecular formula is C6CoN6Na3. The average Bonchev–Trinajstić information content (AvgIpc) is 2.33. The zero-order chi connectivity index (χ0) is 12.0. The first-order valence-corrected chi connectivity index (χ1v) is 1.34. The van der Waals surface area contributed by atoms with E-state index in [2.05, 4.69) is 0 Å². The first kappa shape index (κ1) is 94.4. The Morgan fingerprint density at radius 2 is 0.312 bits per heavy atom. The second kappa shape index (κ2) is 16200. The molecule has 6 nitrogen and oxygen atoms in total. The van der Waals surface area contributed by atoms with Gasteiger partial charge in [-0.05, 0) is 0 Å². The molecule has 0 saturated heterocycles. The van der Waals surface area contributed by atoms with Crippen molar-refractivity contribution < 1.29 is 105 Å². The Kier molecular flexibility index (Phi) is 95400. The maximum Gasteiger partial charge on any atom is 3.00 e. The van der Waals surface area contributed by atoms with Crippen molar-refractivity contribution in [2.75, 3.05) is 0 Å². The third-order valence-corrected chi connectivity index (χ3v) is 0. The maximum atomic E-state index is 6.25. The van der Waals surface area contributed by atoms with Crippen LogP contribution in [0.3, 0.4) is 0 Å². The smallest absolute Gasteiger partial charge is 0.512 e. The van der Waals surface area contributed by atoms with Gasteiger partial charge in [0.2, 0.25) is 0 Å². The zero-order valence-corrected chi connectivity index (χ0v) is 16.1. The molecule has 0 aromatic heterocycles. The van der Waals surface area contributed by atoms with Crippen LogP contribution in [0, 0.1) is 71.0 Å². The summed E-state index contributed by atoms with van der Waals surface area (Å²) in [7, 11) is 0. The normalized spacial score (nSPS) is 0.750. The van der Waals surface area contributed by atoms with E-state index in [0.717, 1.165) is 0 Å². The van der Waals surface area contributed by atoms with Crippen molar-refractivity contribution in [2.24, 2.45) is 0 Å². The molecule has 0 aromatic carbocycles. The minimum absolute atomic E-state index is 0. The first-order chi connectivity index (χ1) is 6.00. The molecule has 16 heavy (non-hydrogen) atoms. The average molecular weight is 284 g/mol. The monoisotopic (exact) mass is 284 g/mol. The van der Waals surface area contributed by atoms with Crippen LogP contribution in [0.1, 0.15) is 0 Å². The van der Waals surface area contributed by atoms with Crippen LogP contribution >= 0.6 is 0 Å². The van der Waals surface area contributed by atoms with Crippen LogP contribution in [0.4, 0.5) is 0 Å². The summed E-state index contributed by atoms with van der Waals surface area (Å²) in [5.74, 6) is 0. The largest absolute Gasteiger partial charge is 3.00 e. The van der Waals surface area contributed by atoms with Crippen molar-refractivity contribution in [3.05, 3.63) is 39.4 Å². The van der Waals surface area contributed by atoms with Gasteiger partial charge in [0.1, 0.15) is 0 Å². The summed E-state index contributed by atoms with van der Waals surface area (Å²) in [6.45, 7) is 28.5. The predicted octanol–water partition coefficient (Wildman–Crippen LogP) is -8.41. The van der Waals surface area contributed by atoms with Gasteiger partial charge in [-0.15, -0.1) is 0 Å². The van der Waals surface area contributed by atoms with Crippen LogP contribution in [-0.2, 0) is 16.8 Å². The van der Waals surface area contributed by atoms with Crippen LogP contribution in [0.25, 0.3) is 0 Å². The standard InChI is InChI=1S/6CN.Co.3Na/c6*1-2;;;;/q6*-1;+3;3*+1. The van der Waals surface area contributed by atoms with Crippen molar-refractivity contribution in [2.45, 2.75) is 0 Å². The van der Waals surface area contributed by atoms with E-state index in [1.807, 2.05) is 0 Å². The summed E-state index contributed by atoms with van der Waals surface area (Å²) in [5.41, 5.74) is 0. The van der Waals surface area contributed by atoms with Gasteiger partial charge in [-0.1, -0.05) is 0 Å². The Hall–Kier alpha value is 0.446. The number of hydrogen-bond acceptors (Lipinski definition) is 6. The van der Waals surface area contributed by atoms with Gasteiger partial charge in [-0.25, -0.2) is 0 Å². The van der Waals surface area contributed by atoms with Gasteiger partial charge in [0, 0.05) is 0 Å². The maximum absolute atomic E-state index is 6.25. The van der Waals surface area contributed by atoms with E-state index in [9.17, 15) is 0 Å². The Bertz CT molecular complexity index is 103. The van der Waals surface area contributed by atoms with Gasteiger partial charge in [-0.2, -0.15) is 0 Å². The summed E-state index contributed by atoms with van der Waals surface area (Å²) in [5, 5.41) is 37.5. The van der Waals surface area contributed by atoms with Gasteiger partial charge in [0.25, 0.3) is 0 Å². The van der Waals surface area contributed by atoms with Gasteiger partial charge in [0.15, 0.2) is 0 Å². The van der Waals surface area contributed by atoms with E-state index in [-0.39, 0.29) is 105 Å². The fourth-order valence-corrected chi connectivity index (χ4v) is 0. The van der Waals surface area contributed by atoms with E-state index < -0.39 is 0 Å². The molecule has 0 N–H and O–H groups in total. The SMILES string of the molecule is [C-]#N.[C-]#N.[C-]#N.[C-]#N.[C-]#N.[C-]#N.[Co+3].[Na+].[Na+].[Na+]. The number of nitrogens with zero attached hydrogens (tertiary/aromatic N) is 6. The topological polar surface area (TPSA) is 143 Å². The Balaban J connectivity index is -0.00000000321. The molecule has 0 aromatic rings. The molecule has 0 atom stereocenters. The molecule has 66 valence electrons. The molecule has 0 aliphatic rings. The predicted molar refractivity (Wildman–Crippen MR) is 29.8 cm³/mol. The number of hydrogen-bond donors (Lipinski definition) is 0.